The number of carbonyl (C=O) groups excluding carboxylic acids is 1. The van der Waals surface area contributed by atoms with Gasteiger partial charge in [-0.3, -0.25) is 4.79 Å². The number of fused-ring (bicyclic) bond motifs is 3. The first-order valence-electron chi connectivity index (χ1n) is 5.25. The summed E-state index contributed by atoms with van der Waals surface area (Å²) in [5.41, 5.74) is 1.36. The molecule has 4 heteroatoms. The second-order valence-corrected chi connectivity index (χ2v) is 5.32. The predicted octanol–water partition coefficient (Wildman–Crippen LogP) is 2.60. The van der Waals surface area contributed by atoms with E-state index in [0.717, 1.165) is 5.56 Å². The van der Waals surface area contributed by atoms with Gasteiger partial charge in [-0.2, -0.15) is 0 Å². The Morgan fingerprint density at radius 3 is 3.00 bits per heavy atom. The van der Waals surface area contributed by atoms with Crippen molar-refractivity contribution in [3.05, 3.63) is 34.3 Å². The van der Waals surface area contributed by atoms with E-state index >= 15 is 0 Å². The maximum Gasteiger partial charge on any atom is 0.257 e. The summed E-state index contributed by atoms with van der Waals surface area (Å²) < 4.78 is 5.69. The Morgan fingerprint density at radius 2 is 2.25 bits per heavy atom. The molecule has 0 aliphatic carbocycles. The van der Waals surface area contributed by atoms with E-state index in [1.54, 1.807) is 17.0 Å². The molecule has 0 N–H and O–H groups in total. The van der Waals surface area contributed by atoms with Crippen LogP contribution in [0.25, 0.3) is 0 Å². The number of hydrogen-bond donors (Lipinski definition) is 0. The van der Waals surface area contributed by atoms with Crippen molar-refractivity contribution in [2.45, 2.75) is 25.6 Å². The number of carbonyl (C=O) groups is 1. The first kappa shape index (κ1) is 10.1. The van der Waals surface area contributed by atoms with Gasteiger partial charge in [0.05, 0.1) is 12.1 Å². The van der Waals surface area contributed by atoms with Gasteiger partial charge in [-0.05, 0) is 26.0 Å². The molecule has 0 radical (unpaired) electrons. The maximum absolute atomic E-state index is 12.2. The van der Waals surface area contributed by atoms with E-state index in [4.69, 9.17) is 16.3 Å². The molecule has 2 heterocycles. The SMILES string of the molecule is CC1(C)COC2c3ccc(Cl)cc3C(=O)N21. The molecular formula is C12H12ClNO2. The Labute approximate surface area is 98.9 Å². The number of halogens is 1. The summed E-state index contributed by atoms with van der Waals surface area (Å²) in [4.78, 5) is 14.0. The highest BCUT2D eigenvalue weighted by Crippen LogP contribution is 2.44. The summed E-state index contributed by atoms with van der Waals surface area (Å²) >= 11 is 5.90. The molecule has 1 amide bonds. The lowest BCUT2D eigenvalue weighted by Crippen LogP contribution is -2.42. The summed E-state index contributed by atoms with van der Waals surface area (Å²) in [6, 6.07) is 5.39. The van der Waals surface area contributed by atoms with Gasteiger partial charge in [0.2, 0.25) is 0 Å². The predicted molar refractivity (Wildman–Crippen MR) is 60.4 cm³/mol. The number of ether oxygens (including phenoxy) is 1. The van der Waals surface area contributed by atoms with Crippen molar-refractivity contribution in [3.63, 3.8) is 0 Å². The quantitative estimate of drug-likeness (QED) is 0.694. The van der Waals surface area contributed by atoms with Crippen molar-refractivity contribution < 1.29 is 9.53 Å². The van der Waals surface area contributed by atoms with Crippen LogP contribution >= 0.6 is 11.6 Å². The van der Waals surface area contributed by atoms with E-state index in [2.05, 4.69) is 0 Å². The topological polar surface area (TPSA) is 29.5 Å². The monoisotopic (exact) mass is 237 g/mol. The number of benzene rings is 1. The molecular weight excluding hydrogens is 226 g/mol. The third kappa shape index (κ3) is 1.16. The first-order valence-corrected chi connectivity index (χ1v) is 5.63. The standard InChI is InChI=1S/C12H12ClNO2/c1-12(2)6-16-11-8-4-3-7(13)5-9(8)10(15)14(11)12/h3-5,11H,6H2,1-2H3. The minimum Gasteiger partial charge on any atom is -0.351 e. The highest BCUT2D eigenvalue weighted by molar-refractivity contribution is 6.31. The van der Waals surface area contributed by atoms with Crippen molar-refractivity contribution >= 4 is 17.5 Å². The van der Waals surface area contributed by atoms with E-state index in [9.17, 15) is 4.79 Å². The fourth-order valence-corrected chi connectivity index (χ4v) is 2.59. The molecule has 3 nitrogen and oxygen atoms in total. The van der Waals surface area contributed by atoms with Crippen LogP contribution in [-0.2, 0) is 4.74 Å². The zero-order valence-corrected chi connectivity index (χ0v) is 9.91. The lowest BCUT2D eigenvalue weighted by molar-refractivity contribution is 0.0316. The molecule has 0 bridgehead atoms. The Kier molecular flexibility index (Phi) is 1.89. The van der Waals surface area contributed by atoms with Gasteiger partial charge in [0.1, 0.15) is 0 Å². The van der Waals surface area contributed by atoms with Gasteiger partial charge >= 0.3 is 0 Å². The van der Waals surface area contributed by atoms with E-state index < -0.39 is 0 Å². The largest absolute Gasteiger partial charge is 0.351 e. The van der Waals surface area contributed by atoms with Gasteiger partial charge in [-0.1, -0.05) is 17.7 Å². The molecule has 1 atom stereocenters. The summed E-state index contributed by atoms with van der Waals surface area (Å²) in [5.74, 6) is 0.0185. The highest BCUT2D eigenvalue weighted by atomic mass is 35.5. The molecule has 1 saturated heterocycles. The summed E-state index contributed by atoms with van der Waals surface area (Å²) in [7, 11) is 0. The van der Waals surface area contributed by atoms with Crippen molar-refractivity contribution in [2.24, 2.45) is 0 Å². The summed E-state index contributed by atoms with van der Waals surface area (Å²) in [6.45, 7) is 4.60. The van der Waals surface area contributed by atoms with Crippen molar-refractivity contribution in [1.82, 2.24) is 4.90 Å². The minimum absolute atomic E-state index is 0.0185. The van der Waals surface area contributed by atoms with Gasteiger partial charge in [0.15, 0.2) is 6.23 Å². The van der Waals surface area contributed by atoms with Gasteiger partial charge in [0, 0.05) is 16.1 Å². The number of hydrogen-bond acceptors (Lipinski definition) is 2. The van der Waals surface area contributed by atoms with E-state index in [1.807, 2.05) is 19.9 Å². The molecule has 1 aromatic rings. The number of amides is 1. The van der Waals surface area contributed by atoms with Crippen molar-refractivity contribution in [3.8, 4) is 0 Å². The molecule has 0 spiro atoms. The normalized spacial score (nSPS) is 25.8. The molecule has 0 saturated carbocycles. The molecule has 84 valence electrons. The van der Waals surface area contributed by atoms with Crippen LogP contribution in [0.1, 0.15) is 36.0 Å². The zero-order chi connectivity index (χ0) is 11.5. The highest BCUT2D eigenvalue weighted by Gasteiger charge is 2.50. The van der Waals surface area contributed by atoms with Crippen molar-refractivity contribution in [2.75, 3.05) is 6.61 Å². The minimum atomic E-state index is -0.243. The Morgan fingerprint density at radius 1 is 1.50 bits per heavy atom. The molecule has 1 unspecified atom stereocenters. The van der Waals surface area contributed by atoms with Gasteiger partial charge in [0.25, 0.3) is 5.91 Å². The first-order chi connectivity index (χ1) is 7.50. The molecule has 0 aromatic heterocycles. The molecule has 1 fully saturated rings. The van der Waals surface area contributed by atoms with E-state index in [-0.39, 0.29) is 17.7 Å². The third-order valence-electron chi connectivity index (χ3n) is 3.21. The van der Waals surface area contributed by atoms with Gasteiger partial charge in [-0.15, -0.1) is 0 Å². The second kappa shape index (κ2) is 2.99. The van der Waals surface area contributed by atoms with Crippen LogP contribution in [0.4, 0.5) is 0 Å². The van der Waals surface area contributed by atoms with E-state index in [1.165, 1.54) is 0 Å². The van der Waals surface area contributed by atoms with Crippen LogP contribution in [0.15, 0.2) is 18.2 Å². The van der Waals surface area contributed by atoms with Crippen LogP contribution in [0.5, 0.6) is 0 Å². The third-order valence-corrected chi connectivity index (χ3v) is 3.45. The molecule has 3 rings (SSSR count). The van der Waals surface area contributed by atoms with Crippen LogP contribution in [0, 0.1) is 0 Å². The Balaban J connectivity index is 2.15. The van der Waals surface area contributed by atoms with E-state index in [0.29, 0.717) is 17.2 Å². The number of rotatable bonds is 0. The molecule has 2 aliphatic rings. The summed E-state index contributed by atoms with van der Waals surface area (Å²) in [5, 5.41) is 0.589. The number of nitrogens with zero attached hydrogens (tertiary/aromatic N) is 1. The smallest absolute Gasteiger partial charge is 0.257 e. The van der Waals surface area contributed by atoms with Crippen LogP contribution in [-0.4, -0.2) is 23.0 Å². The molecule has 16 heavy (non-hydrogen) atoms. The summed E-state index contributed by atoms with van der Waals surface area (Å²) in [6.07, 6.45) is -0.227. The lowest BCUT2D eigenvalue weighted by atomic mass is 10.1. The maximum atomic E-state index is 12.2. The fraction of sp³-hybridized carbons (Fsp3) is 0.417. The van der Waals surface area contributed by atoms with Gasteiger partial charge in [-0.25, -0.2) is 0 Å². The molecule has 2 aliphatic heterocycles. The second-order valence-electron chi connectivity index (χ2n) is 4.88. The molecule has 1 aromatic carbocycles. The van der Waals surface area contributed by atoms with Crippen molar-refractivity contribution in [1.29, 1.82) is 0 Å². The Hall–Kier alpha value is -1.06. The lowest BCUT2D eigenvalue weighted by Gasteiger charge is -2.28. The Bertz CT molecular complexity index is 484. The average Bonchev–Trinajstić information content (AvgIpc) is 2.66. The van der Waals surface area contributed by atoms with Crippen LogP contribution in [0.2, 0.25) is 5.02 Å². The van der Waals surface area contributed by atoms with Crippen LogP contribution in [0.3, 0.4) is 0 Å². The zero-order valence-electron chi connectivity index (χ0n) is 9.16. The average molecular weight is 238 g/mol. The van der Waals surface area contributed by atoms with Gasteiger partial charge < -0.3 is 9.64 Å². The fourth-order valence-electron chi connectivity index (χ4n) is 2.41. The van der Waals surface area contributed by atoms with Crippen LogP contribution < -0.4 is 0 Å².